The Morgan fingerprint density at radius 3 is 2.35 bits per heavy atom. The molecule has 17 heavy (non-hydrogen) atoms. The van der Waals surface area contributed by atoms with E-state index in [0.29, 0.717) is 0 Å². The Kier molecular flexibility index (Phi) is 4.65. The number of benzene rings is 1. The van der Waals surface area contributed by atoms with Crippen molar-refractivity contribution in [3.63, 3.8) is 0 Å². The highest BCUT2D eigenvalue weighted by Crippen LogP contribution is 2.38. The predicted octanol–water partition coefficient (Wildman–Crippen LogP) is 5.40. The van der Waals surface area contributed by atoms with Crippen LogP contribution in [0, 0.1) is 11.8 Å². The molecule has 0 aromatic heterocycles. The maximum atomic E-state index is 2.42. The third-order valence-corrected chi connectivity index (χ3v) is 4.62. The first-order valence-corrected chi connectivity index (χ1v) is 7.36. The van der Waals surface area contributed by atoms with Gasteiger partial charge in [0, 0.05) is 0 Å². The fourth-order valence-electron chi connectivity index (χ4n) is 3.29. The van der Waals surface area contributed by atoms with Crippen molar-refractivity contribution in [2.24, 2.45) is 11.8 Å². The molecule has 0 aliphatic heterocycles. The van der Waals surface area contributed by atoms with Gasteiger partial charge in [-0.05, 0) is 29.7 Å². The van der Waals surface area contributed by atoms with Gasteiger partial charge in [-0.1, -0.05) is 76.3 Å². The van der Waals surface area contributed by atoms with Crippen molar-refractivity contribution in [2.75, 3.05) is 0 Å². The Bertz CT molecular complexity index is 308. The molecule has 1 aromatic rings. The molecule has 0 heteroatoms. The van der Waals surface area contributed by atoms with Crippen LogP contribution in [-0.4, -0.2) is 0 Å². The minimum absolute atomic E-state index is 0.782. The van der Waals surface area contributed by atoms with Crippen molar-refractivity contribution in [3.05, 3.63) is 35.9 Å². The van der Waals surface area contributed by atoms with E-state index in [2.05, 4.69) is 44.2 Å². The molecule has 1 aliphatic rings. The summed E-state index contributed by atoms with van der Waals surface area (Å²) in [5.74, 6) is 2.59. The van der Waals surface area contributed by atoms with Crippen LogP contribution in [0.15, 0.2) is 30.3 Å². The number of hydrogen-bond acceptors (Lipinski definition) is 0. The van der Waals surface area contributed by atoms with E-state index in [1.54, 1.807) is 5.56 Å². The van der Waals surface area contributed by atoms with Crippen LogP contribution in [0.4, 0.5) is 0 Å². The Morgan fingerprint density at radius 2 is 1.76 bits per heavy atom. The summed E-state index contributed by atoms with van der Waals surface area (Å²) in [6.45, 7) is 4.75. The highest BCUT2D eigenvalue weighted by Gasteiger charge is 2.24. The van der Waals surface area contributed by atoms with Gasteiger partial charge in [0.2, 0.25) is 0 Å². The second-order valence-corrected chi connectivity index (χ2v) is 5.79. The van der Waals surface area contributed by atoms with Gasteiger partial charge < -0.3 is 0 Å². The van der Waals surface area contributed by atoms with Crippen molar-refractivity contribution in [2.45, 2.75) is 58.3 Å². The lowest BCUT2D eigenvalue weighted by Gasteiger charge is -2.26. The van der Waals surface area contributed by atoms with Crippen molar-refractivity contribution in [1.82, 2.24) is 0 Å². The molecule has 1 aromatic carbocycles. The summed E-state index contributed by atoms with van der Waals surface area (Å²) >= 11 is 0. The zero-order chi connectivity index (χ0) is 12.1. The molecular weight excluding hydrogens is 204 g/mol. The molecule has 0 radical (unpaired) electrons. The van der Waals surface area contributed by atoms with Crippen LogP contribution >= 0.6 is 0 Å². The monoisotopic (exact) mass is 230 g/mol. The second-order valence-electron chi connectivity index (χ2n) is 5.79. The molecule has 0 heterocycles. The van der Waals surface area contributed by atoms with Crippen LogP contribution in [0.5, 0.6) is 0 Å². The van der Waals surface area contributed by atoms with Gasteiger partial charge in [-0.3, -0.25) is 0 Å². The van der Waals surface area contributed by atoms with Gasteiger partial charge in [0.25, 0.3) is 0 Å². The van der Waals surface area contributed by atoms with Gasteiger partial charge in [0.05, 0.1) is 0 Å². The molecule has 2 atom stereocenters. The van der Waals surface area contributed by atoms with Gasteiger partial charge in [-0.2, -0.15) is 0 Å². The first-order valence-electron chi connectivity index (χ1n) is 7.36. The van der Waals surface area contributed by atoms with E-state index in [-0.39, 0.29) is 0 Å². The SMILES string of the molecule is CCC(C)C(CC1CCCC1)c1ccccc1. The molecule has 1 fully saturated rings. The summed E-state index contributed by atoms with van der Waals surface area (Å²) in [6.07, 6.45) is 8.59. The van der Waals surface area contributed by atoms with Gasteiger partial charge in [0.15, 0.2) is 0 Å². The Hall–Kier alpha value is -0.780. The Balaban J connectivity index is 2.07. The molecule has 2 unspecified atom stereocenters. The van der Waals surface area contributed by atoms with Crippen molar-refractivity contribution >= 4 is 0 Å². The summed E-state index contributed by atoms with van der Waals surface area (Å²) in [5, 5.41) is 0. The van der Waals surface area contributed by atoms with Crippen molar-refractivity contribution < 1.29 is 0 Å². The summed E-state index contributed by atoms with van der Waals surface area (Å²) in [6, 6.07) is 11.2. The summed E-state index contributed by atoms with van der Waals surface area (Å²) in [4.78, 5) is 0. The third-order valence-electron chi connectivity index (χ3n) is 4.62. The van der Waals surface area contributed by atoms with Gasteiger partial charge >= 0.3 is 0 Å². The lowest BCUT2D eigenvalue weighted by atomic mass is 9.79. The van der Waals surface area contributed by atoms with Gasteiger partial charge in [-0.25, -0.2) is 0 Å². The second kappa shape index (κ2) is 6.23. The van der Waals surface area contributed by atoms with E-state index in [1.165, 1.54) is 38.5 Å². The van der Waals surface area contributed by atoms with Crippen molar-refractivity contribution in [1.29, 1.82) is 0 Å². The quantitative estimate of drug-likeness (QED) is 0.635. The van der Waals surface area contributed by atoms with E-state index in [9.17, 15) is 0 Å². The maximum absolute atomic E-state index is 2.42. The van der Waals surface area contributed by atoms with Crippen LogP contribution in [0.2, 0.25) is 0 Å². The molecule has 94 valence electrons. The number of hydrogen-bond donors (Lipinski definition) is 0. The lowest BCUT2D eigenvalue weighted by molar-refractivity contribution is 0.354. The third kappa shape index (κ3) is 3.34. The molecule has 0 amide bonds. The van der Waals surface area contributed by atoms with E-state index in [1.807, 2.05) is 0 Å². The summed E-state index contributed by atoms with van der Waals surface area (Å²) in [7, 11) is 0. The van der Waals surface area contributed by atoms with Gasteiger partial charge in [0.1, 0.15) is 0 Å². The topological polar surface area (TPSA) is 0 Å². The first-order chi connectivity index (χ1) is 8.31. The van der Waals surface area contributed by atoms with Crippen LogP contribution in [0.1, 0.15) is 63.9 Å². The maximum Gasteiger partial charge on any atom is -0.0134 e. The predicted molar refractivity (Wildman–Crippen MR) is 75.2 cm³/mol. The first kappa shape index (κ1) is 12.7. The van der Waals surface area contributed by atoms with E-state index >= 15 is 0 Å². The molecular formula is C17H26. The number of rotatable bonds is 5. The summed E-state index contributed by atoms with van der Waals surface area (Å²) in [5.41, 5.74) is 1.56. The van der Waals surface area contributed by atoms with E-state index < -0.39 is 0 Å². The average molecular weight is 230 g/mol. The van der Waals surface area contributed by atoms with E-state index in [0.717, 1.165) is 17.8 Å². The average Bonchev–Trinajstić information content (AvgIpc) is 2.89. The smallest absolute Gasteiger partial charge is 0.0134 e. The molecule has 0 bridgehead atoms. The van der Waals surface area contributed by atoms with Crippen LogP contribution in [0.3, 0.4) is 0 Å². The molecule has 0 saturated heterocycles. The van der Waals surface area contributed by atoms with E-state index in [4.69, 9.17) is 0 Å². The highest BCUT2D eigenvalue weighted by atomic mass is 14.3. The summed E-state index contributed by atoms with van der Waals surface area (Å²) < 4.78 is 0. The zero-order valence-corrected chi connectivity index (χ0v) is 11.4. The van der Waals surface area contributed by atoms with Crippen LogP contribution in [0.25, 0.3) is 0 Å². The molecule has 1 aliphatic carbocycles. The Morgan fingerprint density at radius 1 is 1.12 bits per heavy atom. The minimum atomic E-state index is 0.782. The minimum Gasteiger partial charge on any atom is -0.0651 e. The molecule has 0 N–H and O–H groups in total. The molecule has 0 nitrogen and oxygen atoms in total. The van der Waals surface area contributed by atoms with Gasteiger partial charge in [-0.15, -0.1) is 0 Å². The standard InChI is InChI=1S/C17H26/c1-3-14(2)17(13-15-9-7-8-10-15)16-11-5-4-6-12-16/h4-6,11-12,14-15,17H,3,7-10,13H2,1-2H3. The van der Waals surface area contributed by atoms with Crippen LogP contribution < -0.4 is 0 Å². The lowest BCUT2D eigenvalue weighted by Crippen LogP contribution is -2.13. The fourth-order valence-corrected chi connectivity index (χ4v) is 3.29. The Labute approximate surface area is 106 Å². The largest absolute Gasteiger partial charge is 0.0651 e. The molecule has 0 spiro atoms. The van der Waals surface area contributed by atoms with Crippen molar-refractivity contribution in [3.8, 4) is 0 Å². The molecule has 1 saturated carbocycles. The normalized spacial score (nSPS) is 20.4. The zero-order valence-electron chi connectivity index (χ0n) is 11.4. The van der Waals surface area contributed by atoms with Crippen LogP contribution in [-0.2, 0) is 0 Å². The fraction of sp³-hybridized carbons (Fsp3) is 0.647. The molecule has 2 rings (SSSR count). The highest BCUT2D eigenvalue weighted by molar-refractivity contribution is 5.20.